The van der Waals surface area contributed by atoms with Crippen molar-refractivity contribution in [3.8, 4) is 5.75 Å². The molecule has 2 aromatic rings. The van der Waals surface area contributed by atoms with E-state index in [2.05, 4.69) is 4.98 Å². The van der Waals surface area contributed by atoms with Crippen LogP contribution in [0.5, 0.6) is 5.75 Å². The van der Waals surface area contributed by atoms with Gasteiger partial charge in [0.05, 0.1) is 12.1 Å². The van der Waals surface area contributed by atoms with Crippen molar-refractivity contribution >= 4 is 16.9 Å². The maximum Gasteiger partial charge on any atom is 0.352 e. The molecule has 1 aliphatic rings. The number of benzene rings is 1. The Morgan fingerprint density at radius 1 is 1.19 bits per heavy atom. The highest BCUT2D eigenvalue weighted by atomic mass is 16.7. The van der Waals surface area contributed by atoms with Gasteiger partial charge in [-0.1, -0.05) is 6.07 Å². The first kappa shape index (κ1) is 18.3. The quantitative estimate of drug-likeness (QED) is 0.373. The first-order valence-electron chi connectivity index (χ1n) is 7.70. The number of carboxylic acid groups (broad SMARTS) is 1. The summed E-state index contributed by atoms with van der Waals surface area (Å²) in [5.41, 5.74) is -0.836. The lowest BCUT2D eigenvalue weighted by Gasteiger charge is -2.39. The van der Waals surface area contributed by atoms with Crippen molar-refractivity contribution in [1.82, 2.24) is 4.98 Å². The molecular weight excluding hydrogens is 350 g/mol. The van der Waals surface area contributed by atoms with E-state index in [1.807, 2.05) is 0 Å². The van der Waals surface area contributed by atoms with E-state index in [1.54, 1.807) is 0 Å². The number of aromatic nitrogens is 1. The molecule has 1 aromatic carbocycles. The van der Waals surface area contributed by atoms with Gasteiger partial charge in [-0.05, 0) is 12.1 Å². The molecule has 1 saturated heterocycles. The van der Waals surface area contributed by atoms with Crippen LogP contribution in [0.15, 0.2) is 29.1 Å². The van der Waals surface area contributed by atoms with Crippen LogP contribution in [-0.4, -0.2) is 73.8 Å². The Bertz CT molecular complexity index is 878. The Balaban J connectivity index is 2.00. The van der Waals surface area contributed by atoms with E-state index in [0.29, 0.717) is 0 Å². The van der Waals surface area contributed by atoms with Gasteiger partial charge in [-0.25, -0.2) is 4.79 Å². The number of carboxylic acids is 1. The van der Waals surface area contributed by atoms with Crippen LogP contribution in [-0.2, 0) is 4.74 Å². The first-order valence-corrected chi connectivity index (χ1v) is 7.70. The number of rotatable bonds is 4. The fourth-order valence-electron chi connectivity index (χ4n) is 2.75. The van der Waals surface area contributed by atoms with Gasteiger partial charge in [-0.3, -0.25) is 4.79 Å². The monoisotopic (exact) mass is 367 g/mol. The minimum absolute atomic E-state index is 0.00738. The van der Waals surface area contributed by atoms with E-state index in [0.717, 1.165) is 6.07 Å². The molecule has 10 nitrogen and oxygen atoms in total. The summed E-state index contributed by atoms with van der Waals surface area (Å²) in [4.78, 5) is 25.8. The maximum atomic E-state index is 12.1. The van der Waals surface area contributed by atoms with Crippen molar-refractivity contribution in [3.05, 3.63) is 40.2 Å². The third kappa shape index (κ3) is 3.16. The van der Waals surface area contributed by atoms with Crippen LogP contribution in [0.3, 0.4) is 0 Å². The number of hydrogen-bond acceptors (Lipinski definition) is 8. The predicted molar refractivity (Wildman–Crippen MR) is 85.9 cm³/mol. The van der Waals surface area contributed by atoms with Gasteiger partial charge in [-0.15, -0.1) is 0 Å². The lowest BCUT2D eigenvalue weighted by molar-refractivity contribution is -0.277. The van der Waals surface area contributed by atoms with E-state index >= 15 is 0 Å². The zero-order chi connectivity index (χ0) is 19.0. The summed E-state index contributed by atoms with van der Waals surface area (Å²) in [5, 5.41) is 48.1. The molecule has 5 unspecified atom stereocenters. The van der Waals surface area contributed by atoms with Gasteiger partial charge < -0.3 is 40.0 Å². The number of para-hydroxylation sites is 1. The van der Waals surface area contributed by atoms with E-state index < -0.39 is 48.7 Å². The highest BCUT2D eigenvalue weighted by Crippen LogP contribution is 2.28. The van der Waals surface area contributed by atoms with Gasteiger partial charge in [0.25, 0.3) is 0 Å². The number of ether oxygens (including phenoxy) is 2. The topological polar surface area (TPSA) is 170 Å². The molecule has 1 aliphatic heterocycles. The van der Waals surface area contributed by atoms with E-state index in [9.17, 15) is 30.0 Å². The van der Waals surface area contributed by atoms with Crippen molar-refractivity contribution < 1.29 is 39.8 Å². The molecule has 0 amide bonds. The Kier molecular flexibility index (Phi) is 4.94. The molecule has 0 bridgehead atoms. The Labute approximate surface area is 145 Å². The number of H-pyrrole nitrogens is 1. The minimum Gasteiger partial charge on any atom is -0.477 e. The molecule has 2 heterocycles. The number of pyridine rings is 1. The third-order valence-electron chi connectivity index (χ3n) is 4.15. The summed E-state index contributed by atoms with van der Waals surface area (Å²) in [6.45, 7) is -0.625. The second-order valence-corrected chi connectivity index (χ2v) is 5.85. The number of aromatic carboxylic acids is 1. The number of hydrogen-bond donors (Lipinski definition) is 6. The SMILES string of the molecule is O=C(O)c1cc(=O)c2cccc(OC3OC(CO)C(O)C(O)C3O)c2[nH]1. The molecule has 6 N–H and O–H groups in total. The molecule has 26 heavy (non-hydrogen) atoms. The molecule has 5 atom stereocenters. The van der Waals surface area contributed by atoms with E-state index in [4.69, 9.17) is 14.6 Å². The summed E-state index contributed by atoms with van der Waals surface area (Å²) in [5.74, 6) is -1.35. The summed E-state index contributed by atoms with van der Waals surface area (Å²) in [7, 11) is 0. The number of aromatic amines is 1. The van der Waals surface area contributed by atoms with Crippen LogP contribution in [0.2, 0.25) is 0 Å². The van der Waals surface area contributed by atoms with Gasteiger partial charge in [0.1, 0.15) is 35.9 Å². The smallest absolute Gasteiger partial charge is 0.352 e. The van der Waals surface area contributed by atoms with E-state index in [-0.39, 0.29) is 22.3 Å². The standard InChI is InChI=1S/C16H17NO9/c18-5-10-12(20)13(21)14(22)16(26-10)25-9-3-1-2-6-8(19)4-7(15(23)24)17-11(6)9/h1-4,10,12-14,16,18,20-22H,5H2,(H,17,19)(H,23,24). The van der Waals surface area contributed by atoms with Crippen LogP contribution in [0.1, 0.15) is 10.5 Å². The molecule has 0 aliphatic carbocycles. The van der Waals surface area contributed by atoms with Gasteiger partial charge in [-0.2, -0.15) is 0 Å². The summed E-state index contributed by atoms with van der Waals surface area (Å²) in [6.07, 6.45) is -7.44. The van der Waals surface area contributed by atoms with Gasteiger partial charge in [0.2, 0.25) is 6.29 Å². The van der Waals surface area contributed by atoms with Crippen molar-refractivity contribution in [2.75, 3.05) is 6.61 Å². The van der Waals surface area contributed by atoms with Crippen LogP contribution < -0.4 is 10.2 Å². The van der Waals surface area contributed by atoms with Crippen LogP contribution in [0, 0.1) is 0 Å². The summed E-state index contributed by atoms with van der Waals surface area (Å²) >= 11 is 0. The van der Waals surface area contributed by atoms with Crippen molar-refractivity contribution in [2.24, 2.45) is 0 Å². The number of fused-ring (bicyclic) bond motifs is 1. The van der Waals surface area contributed by atoms with Crippen molar-refractivity contribution in [1.29, 1.82) is 0 Å². The zero-order valence-electron chi connectivity index (χ0n) is 13.3. The van der Waals surface area contributed by atoms with Crippen molar-refractivity contribution in [2.45, 2.75) is 30.7 Å². The average Bonchev–Trinajstić information content (AvgIpc) is 2.62. The fourth-order valence-corrected chi connectivity index (χ4v) is 2.75. The molecule has 10 heteroatoms. The van der Waals surface area contributed by atoms with Crippen LogP contribution in [0.25, 0.3) is 10.9 Å². The summed E-state index contributed by atoms with van der Waals surface area (Å²) in [6, 6.07) is 5.28. The first-order chi connectivity index (χ1) is 12.3. The second kappa shape index (κ2) is 7.02. The number of nitrogens with one attached hydrogen (secondary N) is 1. The Hall–Kier alpha value is -2.50. The molecule has 1 aromatic heterocycles. The molecule has 140 valence electrons. The normalized spacial score (nSPS) is 28.8. The van der Waals surface area contributed by atoms with Crippen molar-refractivity contribution in [3.63, 3.8) is 0 Å². The van der Waals surface area contributed by atoms with Gasteiger partial charge >= 0.3 is 5.97 Å². The molecule has 0 spiro atoms. The van der Waals surface area contributed by atoms with E-state index in [1.165, 1.54) is 18.2 Å². The molecule has 1 fully saturated rings. The van der Waals surface area contributed by atoms with Gasteiger partial charge in [0.15, 0.2) is 5.43 Å². The summed E-state index contributed by atoms with van der Waals surface area (Å²) < 4.78 is 10.8. The highest BCUT2D eigenvalue weighted by molar-refractivity contribution is 5.91. The molecule has 3 rings (SSSR count). The maximum absolute atomic E-state index is 12.1. The largest absolute Gasteiger partial charge is 0.477 e. The van der Waals surface area contributed by atoms with Crippen LogP contribution in [0.4, 0.5) is 0 Å². The average molecular weight is 367 g/mol. The second-order valence-electron chi connectivity index (χ2n) is 5.85. The lowest BCUT2D eigenvalue weighted by Crippen LogP contribution is -2.60. The zero-order valence-corrected chi connectivity index (χ0v) is 13.3. The third-order valence-corrected chi connectivity index (χ3v) is 4.15. The van der Waals surface area contributed by atoms with Crippen LogP contribution >= 0.6 is 0 Å². The lowest BCUT2D eigenvalue weighted by atomic mass is 9.99. The minimum atomic E-state index is -1.64. The Morgan fingerprint density at radius 2 is 1.92 bits per heavy atom. The fraction of sp³-hybridized carbons (Fsp3) is 0.375. The predicted octanol–water partition coefficient (Wildman–Crippen LogP) is -1.60. The number of aliphatic hydroxyl groups excluding tert-OH is 4. The number of carbonyl (C=O) groups is 1. The molecule has 0 saturated carbocycles. The highest BCUT2D eigenvalue weighted by Gasteiger charge is 2.44. The number of aliphatic hydroxyl groups is 4. The molecule has 0 radical (unpaired) electrons. The molecular formula is C16H17NO9. The van der Waals surface area contributed by atoms with Gasteiger partial charge in [0, 0.05) is 11.5 Å². The Morgan fingerprint density at radius 3 is 2.58 bits per heavy atom.